The van der Waals surface area contributed by atoms with Crippen LogP contribution in [-0.4, -0.2) is 32.6 Å². The molecule has 8 heteroatoms. The smallest absolute Gasteiger partial charge is 0.284 e. The van der Waals surface area contributed by atoms with Crippen molar-refractivity contribution in [1.82, 2.24) is 0 Å². The van der Waals surface area contributed by atoms with E-state index in [-0.39, 0.29) is 6.61 Å². The van der Waals surface area contributed by atoms with Crippen molar-refractivity contribution in [1.29, 1.82) is 0 Å². The van der Waals surface area contributed by atoms with Crippen LogP contribution in [0.25, 0.3) is 0 Å². The van der Waals surface area contributed by atoms with Crippen LogP contribution in [0.4, 0.5) is 0 Å². The van der Waals surface area contributed by atoms with Crippen molar-refractivity contribution in [3.63, 3.8) is 0 Å². The van der Waals surface area contributed by atoms with Crippen LogP contribution in [0.5, 0.6) is 0 Å². The van der Waals surface area contributed by atoms with Crippen LogP contribution in [0.3, 0.4) is 0 Å². The van der Waals surface area contributed by atoms with Gasteiger partial charge in [0, 0.05) is 0 Å². The van der Waals surface area contributed by atoms with Gasteiger partial charge >= 0.3 is 0 Å². The third-order valence-electron chi connectivity index (χ3n) is 4.27. The minimum atomic E-state index is -4.77. The van der Waals surface area contributed by atoms with Gasteiger partial charge in [0.15, 0.2) is 0 Å². The van der Waals surface area contributed by atoms with Gasteiger partial charge in [0.1, 0.15) is 0 Å². The molecule has 1 atom stereocenters. The Hall–Kier alpha value is -0.440. The summed E-state index contributed by atoms with van der Waals surface area (Å²) in [5.41, 5.74) is 0. The van der Waals surface area contributed by atoms with Crippen molar-refractivity contribution in [3.05, 3.63) is 12.7 Å². The predicted octanol–water partition coefficient (Wildman–Crippen LogP) is 4.82. The van der Waals surface area contributed by atoms with Gasteiger partial charge in [0.25, 0.3) is 20.2 Å². The molecule has 26 heavy (non-hydrogen) atoms. The molecule has 6 nitrogen and oxygen atoms in total. The summed E-state index contributed by atoms with van der Waals surface area (Å²) in [4.78, 5) is 0. The highest BCUT2D eigenvalue weighted by Crippen LogP contribution is 2.14. The molecule has 156 valence electrons. The molecule has 0 fully saturated rings. The number of hydrogen-bond acceptors (Lipinski definition) is 5. The van der Waals surface area contributed by atoms with E-state index in [2.05, 4.69) is 17.7 Å². The third kappa shape index (κ3) is 12.8. The van der Waals surface area contributed by atoms with E-state index in [4.69, 9.17) is 4.55 Å². The summed E-state index contributed by atoms with van der Waals surface area (Å²) in [6.07, 6.45) is 15.8. The van der Waals surface area contributed by atoms with Crippen molar-refractivity contribution >= 4 is 20.2 Å². The lowest BCUT2D eigenvalue weighted by molar-refractivity contribution is 0.305. The van der Waals surface area contributed by atoms with Gasteiger partial charge in [-0.1, -0.05) is 90.0 Å². The predicted molar refractivity (Wildman–Crippen MR) is 106 cm³/mol. The molecule has 0 rings (SSSR count). The summed E-state index contributed by atoms with van der Waals surface area (Å²) in [7, 11) is -9.18. The second kappa shape index (κ2) is 14.6. The summed E-state index contributed by atoms with van der Waals surface area (Å²) < 4.78 is 56.8. The van der Waals surface area contributed by atoms with Gasteiger partial charge in [-0.15, -0.1) is 6.58 Å². The molecular weight excluding hydrogens is 376 g/mol. The minimum absolute atomic E-state index is 0.0834. The Morgan fingerprint density at radius 2 is 1.19 bits per heavy atom. The normalized spacial score (nSPS) is 13.6. The number of rotatable bonds is 18. The zero-order chi connectivity index (χ0) is 19.9. The van der Waals surface area contributed by atoms with E-state index >= 15 is 0 Å². The van der Waals surface area contributed by atoms with E-state index in [0.29, 0.717) is 12.5 Å². The summed E-state index contributed by atoms with van der Waals surface area (Å²) in [6.45, 7) is 5.25. The standard InChI is InChI=1S/C18H36O6S2/c1-3-5-6-7-8-9-10-11-12-13-14-15-16-17-24-26(22,23)18(4-2)25(19,20)21/h4,18H,2-3,5-17H2,1H3,(H,19,20,21). The Kier molecular flexibility index (Phi) is 14.4. The van der Waals surface area contributed by atoms with E-state index < -0.39 is 24.8 Å². The average molecular weight is 413 g/mol. The van der Waals surface area contributed by atoms with Crippen molar-refractivity contribution in [2.45, 2.75) is 95.0 Å². The van der Waals surface area contributed by atoms with Gasteiger partial charge in [-0.2, -0.15) is 16.8 Å². The molecule has 0 heterocycles. The maximum atomic E-state index is 11.7. The lowest BCUT2D eigenvalue weighted by Crippen LogP contribution is -2.29. The first-order chi connectivity index (χ1) is 12.3. The Balaban J connectivity index is 3.60. The van der Waals surface area contributed by atoms with Gasteiger partial charge in [-0.25, -0.2) is 0 Å². The molecule has 0 aromatic rings. The first-order valence-corrected chi connectivity index (χ1v) is 12.7. The van der Waals surface area contributed by atoms with Gasteiger partial charge in [0.2, 0.25) is 4.58 Å². The molecule has 0 amide bonds. The SMILES string of the molecule is C=CC(S(=O)(=O)O)S(=O)(=O)OCCCCCCCCCCCCCCC. The molecule has 1 unspecified atom stereocenters. The van der Waals surface area contributed by atoms with Crippen LogP contribution >= 0.6 is 0 Å². The van der Waals surface area contributed by atoms with Crippen LogP contribution in [0.2, 0.25) is 0 Å². The Morgan fingerprint density at radius 3 is 1.54 bits per heavy atom. The second-order valence-corrected chi connectivity index (χ2v) is 10.2. The second-order valence-electron chi connectivity index (χ2n) is 6.68. The number of unbranched alkanes of at least 4 members (excludes halogenated alkanes) is 12. The molecular formula is C18H36O6S2. The molecule has 0 bridgehead atoms. The molecule has 0 radical (unpaired) electrons. The van der Waals surface area contributed by atoms with Crippen molar-refractivity contribution < 1.29 is 25.6 Å². The first kappa shape index (κ1) is 25.6. The van der Waals surface area contributed by atoms with E-state index in [1.807, 2.05) is 0 Å². The molecule has 0 aliphatic heterocycles. The van der Waals surface area contributed by atoms with Crippen molar-refractivity contribution in [3.8, 4) is 0 Å². The highest BCUT2D eigenvalue weighted by Gasteiger charge is 2.34. The van der Waals surface area contributed by atoms with Crippen LogP contribution < -0.4 is 0 Å². The molecule has 0 spiro atoms. The summed E-state index contributed by atoms with van der Waals surface area (Å²) in [6, 6.07) is 0. The zero-order valence-electron chi connectivity index (χ0n) is 16.1. The lowest BCUT2D eigenvalue weighted by atomic mass is 10.0. The molecule has 1 N–H and O–H groups in total. The largest absolute Gasteiger partial charge is 0.291 e. The summed E-state index contributed by atoms with van der Waals surface area (Å²) >= 11 is 0. The monoisotopic (exact) mass is 412 g/mol. The Bertz CT molecular complexity index is 554. The van der Waals surface area contributed by atoms with Crippen molar-refractivity contribution in [2.75, 3.05) is 6.61 Å². The summed E-state index contributed by atoms with van der Waals surface area (Å²) in [5.74, 6) is 0. The molecule has 0 aliphatic carbocycles. The van der Waals surface area contributed by atoms with E-state index in [1.54, 1.807) is 0 Å². The fourth-order valence-corrected chi connectivity index (χ4v) is 5.07. The van der Waals surface area contributed by atoms with E-state index in [0.717, 1.165) is 19.3 Å². The van der Waals surface area contributed by atoms with Gasteiger partial charge < -0.3 is 0 Å². The van der Waals surface area contributed by atoms with Gasteiger partial charge in [-0.3, -0.25) is 8.74 Å². The molecule has 0 aromatic carbocycles. The van der Waals surface area contributed by atoms with Crippen molar-refractivity contribution in [2.24, 2.45) is 0 Å². The third-order valence-corrected chi connectivity index (χ3v) is 7.74. The highest BCUT2D eigenvalue weighted by molar-refractivity contribution is 8.04. The van der Waals surface area contributed by atoms with E-state index in [1.165, 1.54) is 57.8 Å². The molecule has 0 saturated heterocycles. The highest BCUT2D eigenvalue weighted by atomic mass is 32.3. The van der Waals surface area contributed by atoms with Crippen LogP contribution in [-0.2, 0) is 24.4 Å². The maximum absolute atomic E-state index is 11.7. The fourth-order valence-electron chi connectivity index (χ4n) is 2.75. The number of hydrogen-bond donors (Lipinski definition) is 1. The molecule has 0 aromatic heterocycles. The summed E-state index contributed by atoms with van der Waals surface area (Å²) in [5, 5.41) is 0. The van der Waals surface area contributed by atoms with Crippen LogP contribution in [0, 0.1) is 0 Å². The van der Waals surface area contributed by atoms with Crippen LogP contribution in [0.1, 0.15) is 90.4 Å². The topological polar surface area (TPSA) is 97.7 Å². The zero-order valence-corrected chi connectivity index (χ0v) is 17.7. The fraction of sp³-hybridized carbons (Fsp3) is 0.889. The average Bonchev–Trinajstić information content (AvgIpc) is 2.54. The molecule has 0 aliphatic rings. The Morgan fingerprint density at radius 1 is 0.808 bits per heavy atom. The lowest BCUT2D eigenvalue weighted by Gasteiger charge is -2.10. The quantitative estimate of drug-likeness (QED) is 0.150. The first-order valence-electron chi connectivity index (χ1n) is 9.72. The van der Waals surface area contributed by atoms with Gasteiger partial charge in [-0.05, 0) is 6.42 Å². The van der Waals surface area contributed by atoms with Gasteiger partial charge in [0.05, 0.1) is 6.61 Å². The molecule has 0 saturated carbocycles. The minimum Gasteiger partial charge on any atom is -0.284 e. The Labute approximate surface area is 160 Å². The van der Waals surface area contributed by atoms with Crippen LogP contribution in [0.15, 0.2) is 12.7 Å². The van der Waals surface area contributed by atoms with E-state index in [9.17, 15) is 16.8 Å². The maximum Gasteiger partial charge on any atom is 0.291 e.